The van der Waals surface area contributed by atoms with Gasteiger partial charge in [-0.15, -0.1) is 0 Å². The van der Waals surface area contributed by atoms with Crippen LogP contribution >= 0.6 is 0 Å². The van der Waals surface area contributed by atoms with Gasteiger partial charge in [0, 0.05) is 12.1 Å². The summed E-state index contributed by atoms with van der Waals surface area (Å²) in [6.07, 6.45) is 1.37. The van der Waals surface area contributed by atoms with Crippen LogP contribution in [0.4, 0.5) is 0 Å². The van der Waals surface area contributed by atoms with E-state index in [-0.39, 0.29) is 11.9 Å². The van der Waals surface area contributed by atoms with Crippen molar-refractivity contribution in [1.82, 2.24) is 4.90 Å². The van der Waals surface area contributed by atoms with Crippen molar-refractivity contribution in [2.24, 2.45) is 0 Å². The Hall–Kier alpha value is -3.67. The zero-order valence-corrected chi connectivity index (χ0v) is 19.5. The minimum Gasteiger partial charge on any atom is -0.493 e. The van der Waals surface area contributed by atoms with E-state index < -0.39 is 0 Å². The normalized spacial score (nSPS) is 14.9. The molecule has 0 saturated carbocycles. The number of nitrogens with zero attached hydrogens (tertiary/aromatic N) is 1. The highest BCUT2D eigenvalue weighted by molar-refractivity contribution is 5.94. The quantitative estimate of drug-likeness (QED) is 0.525. The molecule has 1 aliphatic rings. The summed E-state index contributed by atoms with van der Waals surface area (Å²) in [5.41, 5.74) is 3.96. The summed E-state index contributed by atoms with van der Waals surface area (Å²) in [4.78, 5) is 15.5. The molecule has 0 aromatic heterocycles. The average molecular weight is 448 g/mol. The van der Waals surface area contributed by atoms with Crippen LogP contribution in [-0.2, 0) is 12.8 Å². The van der Waals surface area contributed by atoms with E-state index in [1.165, 1.54) is 0 Å². The lowest BCUT2D eigenvalue weighted by Gasteiger charge is -2.38. The number of fused-ring (bicyclic) bond motifs is 1. The van der Waals surface area contributed by atoms with Crippen LogP contribution in [-0.4, -0.2) is 45.8 Å². The van der Waals surface area contributed by atoms with E-state index in [2.05, 4.69) is 0 Å². The molecule has 1 atom stereocenters. The van der Waals surface area contributed by atoms with Crippen LogP contribution in [0.25, 0.3) is 0 Å². The molecule has 1 aliphatic heterocycles. The second kappa shape index (κ2) is 9.86. The molecule has 6 nitrogen and oxygen atoms in total. The van der Waals surface area contributed by atoms with Crippen molar-refractivity contribution >= 4 is 5.91 Å². The number of carbonyl (C=O) groups is 1. The van der Waals surface area contributed by atoms with Crippen molar-refractivity contribution in [1.29, 1.82) is 0 Å². The van der Waals surface area contributed by atoms with Gasteiger partial charge in [-0.25, -0.2) is 0 Å². The van der Waals surface area contributed by atoms with Crippen LogP contribution in [0.2, 0.25) is 0 Å². The Morgan fingerprint density at radius 1 is 0.818 bits per heavy atom. The van der Waals surface area contributed by atoms with Gasteiger partial charge in [-0.1, -0.05) is 24.3 Å². The Morgan fingerprint density at radius 3 is 2.12 bits per heavy atom. The number of ether oxygens (including phenoxy) is 4. The molecule has 172 valence electrons. The molecule has 6 heteroatoms. The summed E-state index contributed by atoms with van der Waals surface area (Å²) >= 11 is 0. The van der Waals surface area contributed by atoms with Gasteiger partial charge in [0.1, 0.15) is 0 Å². The van der Waals surface area contributed by atoms with E-state index in [0.29, 0.717) is 41.5 Å². The number of hydrogen-bond donors (Lipinski definition) is 0. The van der Waals surface area contributed by atoms with Crippen LogP contribution in [0.3, 0.4) is 0 Å². The summed E-state index contributed by atoms with van der Waals surface area (Å²) in [6, 6.07) is 19.2. The van der Waals surface area contributed by atoms with E-state index in [0.717, 1.165) is 23.1 Å². The standard InChI is InChI=1S/C27H29NO5/c1-30-23-11-10-18(15-24(23)31-2)14-22-21-17-26(33-4)25(32-3)16-20(21)12-13-28(22)27(29)19-8-6-5-7-9-19/h5-11,15-17,22H,12-14H2,1-4H3/t22-/m1/s1. The van der Waals surface area contributed by atoms with Crippen LogP contribution in [0, 0.1) is 0 Å². The van der Waals surface area contributed by atoms with Crippen molar-refractivity contribution in [2.75, 3.05) is 35.0 Å². The molecule has 1 heterocycles. The number of amides is 1. The van der Waals surface area contributed by atoms with Crippen LogP contribution in [0.1, 0.15) is 33.1 Å². The lowest BCUT2D eigenvalue weighted by atomic mass is 9.87. The zero-order chi connectivity index (χ0) is 23.4. The van der Waals surface area contributed by atoms with Gasteiger partial charge >= 0.3 is 0 Å². The predicted molar refractivity (Wildman–Crippen MR) is 127 cm³/mol. The minimum absolute atomic E-state index is 0.0153. The van der Waals surface area contributed by atoms with E-state index >= 15 is 0 Å². The second-order valence-electron chi connectivity index (χ2n) is 7.93. The first-order valence-electron chi connectivity index (χ1n) is 10.9. The van der Waals surface area contributed by atoms with Crippen molar-refractivity contribution < 1.29 is 23.7 Å². The van der Waals surface area contributed by atoms with Gasteiger partial charge in [0.2, 0.25) is 0 Å². The van der Waals surface area contributed by atoms with Crippen molar-refractivity contribution in [2.45, 2.75) is 18.9 Å². The van der Waals surface area contributed by atoms with Gasteiger partial charge in [0.05, 0.1) is 34.5 Å². The molecule has 0 fully saturated rings. The molecule has 0 N–H and O–H groups in total. The monoisotopic (exact) mass is 447 g/mol. The fourth-order valence-corrected chi connectivity index (χ4v) is 4.47. The number of hydrogen-bond acceptors (Lipinski definition) is 5. The first-order chi connectivity index (χ1) is 16.1. The molecule has 0 bridgehead atoms. The van der Waals surface area contributed by atoms with Gasteiger partial charge in [-0.3, -0.25) is 4.79 Å². The van der Waals surface area contributed by atoms with E-state index in [9.17, 15) is 4.79 Å². The fraction of sp³-hybridized carbons (Fsp3) is 0.296. The third-order valence-electron chi connectivity index (χ3n) is 6.16. The van der Waals surface area contributed by atoms with Crippen molar-refractivity contribution in [3.63, 3.8) is 0 Å². The second-order valence-corrected chi connectivity index (χ2v) is 7.93. The molecule has 33 heavy (non-hydrogen) atoms. The molecule has 4 rings (SSSR count). The average Bonchev–Trinajstić information content (AvgIpc) is 2.88. The van der Waals surface area contributed by atoms with E-state index in [1.54, 1.807) is 28.4 Å². The highest BCUT2D eigenvalue weighted by Crippen LogP contribution is 2.40. The number of methoxy groups -OCH3 is 4. The van der Waals surface area contributed by atoms with Crippen molar-refractivity contribution in [3.05, 3.63) is 82.9 Å². The van der Waals surface area contributed by atoms with Crippen molar-refractivity contribution in [3.8, 4) is 23.0 Å². The molecular weight excluding hydrogens is 418 g/mol. The van der Waals surface area contributed by atoms with Gasteiger partial charge in [-0.05, 0) is 65.9 Å². The summed E-state index contributed by atoms with van der Waals surface area (Å²) in [5, 5.41) is 0. The fourth-order valence-electron chi connectivity index (χ4n) is 4.47. The number of benzene rings is 3. The van der Waals surface area contributed by atoms with Gasteiger partial charge < -0.3 is 23.8 Å². The molecule has 0 radical (unpaired) electrons. The Labute approximate surface area is 194 Å². The molecule has 0 saturated heterocycles. The predicted octanol–water partition coefficient (Wildman–Crippen LogP) is 4.70. The lowest BCUT2D eigenvalue weighted by Crippen LogP contribution is -2.41. The summed E-state index contributed by atoms with van der Waals surface area (Å²) in [6.45, 7) is 0.619. The molecule has 0 spiro atoms. The Kier molecular flexibility index (Phi) is 6.73. The van der Waals surface area contributed by atoms with Gasteiger partial charge in [0.15, 0.2) is 23.0 Å². The maximum Gasteiger partial charge on any atom is 0.254 e. The molecule has 1 amide bonds. The largest absolute Gasteiger partial charge is 0.493 e. The number of carbonyl (C=O) groups excluding carboxylic acids is 1. The lowest BCUT2D eigenvalue weighted by molar-refractivity contribution is 0.0659. The highest BCUT2D eigenvalue weighted by atomic mass is 16.5. The summed E-state index contributed by atoms with van der Waals surface area (Å²) < 4.78 is 22.0. The first-order valence-corrected chi connectivity index (χ1v) is 10.9. The minimum atomic E-state index is -0.167. The molecular formula is C27H29NO5. The third-order valence-corrected chi connectivity index (χ3v) is 6.16. The van der Waals surface area contributed by atoms with Crippen LogP contribution < -0.4 is 18.9 Å². The maximum atomic E-state index is 13.5. The molecule has 3 aromatic carbocycles. The zero-order valence-electron chi connectivity index (χ0n) is 19.5. The van der Waals surface area contributed by atoms with Crippen LogP contribution in [0.15, 0.2) is 60.7 Å². The molecule has 3 aromatic rings. The maximum absolute atomic E-state index is 13.5. The number of rotatable bonds is 7. The Morgan fingerprint density at radius 2 is 1.45 bits per heavy atom. The smallest absolute Gasteiger partial charge is 0.254 e. The molecule has 0 aliphatic carbocycles. The topological polar surface area (TPSA) is 57.2 Å². The van der Waals surface area contributed by atoms with E-state index in [4.69, 9.17) is 18.9 Å². The van der Waals surface area contributed by atoms with Gasteiger partial charge in [0.25, 0.3) is 5.91 Å². The van der Waals surface area contributed by atoms with Crippen LogP contribution in [0.5, 0.6) is 23.0 Å². The Balaban J connectivity index is 1.78. The summed E-state index contributed by atoms with van der Waals surface area (Å²) in [7, 11) is 6.51. The van der Waals surface area contributed by atoms with Gasteiger partial charge in [-0.2, -0.15) is 0 Å². The Bertz CT molecular complexity index is 1130. The first kappa shape index (κ1) is 22.5. The highest BCUT2D eigenvalue weighted by Gasteiger charge is 2.33. The summed E-state index contributed by atoms with van der Waals surface area (Å²) in [5.74, 6) is 2.71. The van der Waals surface area contributed by atoms with E-state index in [1.807, 2.05) is 65.6 Å². The third kappa shape index (κ3) is 4.46. The molecule has 0 unspecified atom stereocenters. The SMILES string of the molecule is COc1ccc(C[C@@H]2c3cc(OC)c(OC)cc3CCN2C(=O)c2ccccc2)cc1OC.